The van der Waals surface area contributed by atoms with E-state index >= 15 is 0 Å². The number of rotatable bonds is 4. The van der Waals surface area contributed by atoms with Crippen LogP contribution in [0, 0.1) is 6.92 Å². The zero-order chi connectivity index (χ0) is 24.5. The highest BCUT2D eigenvalue weighted by Gasteiger charge is 2.21. The summed E-state index contributed by atoms with van der Waals surface area (Å²) in [4.78, 5) is 33.9. The van der Waals surface area contributed by atoms with Gasteiger partial charge in [0.15, 0.2) is 0 Å². The van der Waals surface area contributed by atoms with Gasteiger partial charge in [-0.1, -0.05) is 29.3 Å². The van der Waals surface area contributed by atoms with E-state index < -0.39 is 0 Å². The molecule has 7 nitrogen and oxygen atoms in total. The minimum absolute atomic E-state index is 0.155. The second-order valence-electron chi connectivity index (χ2n) is 8.12. The number of anilines is 4. The van der Waals surface area contributed by atoms with Crippen molar-refractivity contribution in [3.8, 4) is 11.3 Å². The average Bonchev–Trinajstić information content (AvgIpc) is 2.96. The molecule has 1 aliphatic heterocycles. The van der Waals surface area contributed by atoms with Gasteiger partial charge in [0, 0.05) is 33.6 Å². The van der Waals surface area contributed by atoms with E-state index in [9.17, 15) is 9.59 Å². The molecule has 0 saturated carbocycles. The number of carbonyl (C=O) groups is 2. The lowest BCUT2D eigenvalue weighted by Gasteiger charge is -2.11. The van der Waals surface area contributed by atoms with Gasteiger partial charge in [-0.2, -0.15) is 0 Å². The van der Waals surface area contributed by atoms with Crippen molar-refractivity contribution in [2.75, 3.05) is 16.0 Å². The van der Waals surface area contributed by atoms with Gasteiger partial charge in [-0.15, -0.1) is 0 Å². The summed E-state index contributed by atoms with van der Waals surface area (Å²) in [5.74, 6) is -0.0592. The predicted molar refractivity (Wildman–Crippen MR) is 139 cm³/mol. The number of benzene rings is 3. The molecule has 2 heterocycles. The molecule has 0 atom stereocenters. The summed E-state index contributed by atoms with van der Waals surface area (Å²) in [6.07, 6.45) is 1.80. The predicted octanol–water partition coefficient (Wildman–Crippen LogP) is 6.25. The molecular weight excluding hydrogens is 485 g/mol. The molecule has 4 aromatic rings. The zero-order valence-electron chi connectivity index (χ0n) is 18.5. The van der Waals surface area contributed by atoms with Crippen molar-refractivity contribution >= 4 is 58.0 Å². The maximum Gasteiger partial charge on any atom is 0.255 e. The first-order valence-corrected chi connectivity index (χ1v) is 11.5. The molecule has 1 aromatic heterocycles. The number of nitrogens with zero attached hydrogens (tertiary/aromatic N) is 2. The molecule has 3 aromatic carbocycles. The summed E-state index contributed by atoms with van der Waals surface area (Å²) in [5, 5.41) is 9.84. The molecule has 35 heavy (non-hydrogen) atoms. The minimum atomic E-state index is -0.268. The first-order chi connectivity index (χ1) is 16.9. The molecule has 0 spiro atoms. The van der Waals surface area contributed by atoms with Crippen molar-refractivity contribution in [1.29, 1.82) is 0 Å². The molecule has 2 amide bonds. The van der Waals surface area contributed by atoms with Crippen LogP contribution in [0.4, 0.5) is 23.0 Å². The Morgan fingerprint density at radius 3 is 2.60 bits per heavy atom. The van der Waals surface area contributed by atoms with Gasteiger partial charge >= 0.3 is 0 Å². The van der Waals surface area contributed by atoms with Gasteiger partial charge in [0.05, 0.1) is 28.5 Å². The Bertz CT molecular complexity index is 1470. The van der Waals surface area contributed by atoms with E-state index in [0.29, 0.717) is 44.3 Å². The van der Waals surface area contributed by atoms with Gasteiger partial charge in [0.1, 0.15) is 0 Å². The second kappa shape index (κ2) is 9.37. The quantitative estimate of drug-likeness (QED) is 0.305. The molecule has 174 valence electrons. The van der Waals surface area contributed by atoms with E-state index in [1.165, 1.54) is 0 Å². The van der Waals surface area contributed by atoms with Crippen molar-refractivity contribution in [3.63, 3.8) is 0 Å². The second-order valence-corrected chi connectivity index (χ2v) is 8.97. The van der Waals surface area contributed by atoms with Crippen LogP contribution in [0.1, 0.15) is 21.5 Å². The van der Waals surface area contributed by atoms with Crippen LogP contribution in [0.25, 0.3) is 11.3 Å². The lowest BCUT2D eigenvalue weighted by Crippen LogP contribution is -2.13. The first kappa shape index (κ1) is 22.8. The average molecular weight is 504 g/mol. The van der Waals surface area contributed by atoms with Crippen LogP contribution in [0.2, 0.25) is 10.0 Å². The number of amides is 2. The van der Waals surface area contributed by atoms with Crippen LogP contribution in [0.3, 0.4) is 0 Å². The maximum absolute atomic E-state index is 12.6. The van der Waals surface area contributed by atoms with Gasteiger partial charge in [-0.25, -0.2) is 9.97 Å². The zero-order valence-corrected chi connectivity index (χ0v) is 20.0. The lowest BCUT2D eigenvalue weighted by molar-refractivity contribution is -0.115. The lowest BCUT2D eigenvalue weighted by atomic mass is 10.1. The summed E-state index contributed by atoms with van der Waals surface area (Å²) < 4.78 is 0. The van der Waals surface area contributed by atoms with Crippen LogP contribution in [-0.2, 0) is 11.2 Å². The monoisotopic (exact) mass is 503 g/mol. The summed E-state index contributed by atoms with van der Waals surface area (Å²) in [6.45, 7) is 1.93. The number of carbonyl (C=O) groups excluding carboxylic acids is 2. The highest BCUT2D eigenvalue weighted by atomic mass is 35.5. The fourth-order valence-electron chi connectivity index (χ4n) is 3.77. The summed E-state index contributed by atoms with van der Waals surface area (Å²) in [6, 6.07) is 17.7. The number of hydrogen-bond donors (Lipinski definition) is 3. The van der Waals surface area contributed by atoms with Gasteiger partial charge < -0.3 is 16.0 Å². The third kappa shape index (κ3) is 4.96. The van der Waals surface area contributed by atoms with Crippen molar-refractivity contribution < 1.29 is 9.59 Å². The van der Waals surface area contributed by atoms with Gasteiger partial charge in [0.25, 0.3) is 5.91 Å². The number of hydrogen-bond acceptors (Lipinski definition) is 5. The fraction of sp³-hybridized carbons (Fsp3) is 0.0769. The summed E-state index contributed by atoms with van der Waals surface area (Å²) in [7, 11) is 0. The first-order valence-electron chi connectivity index (χ1n) is 10.8. The van der Waals surface area contributed by atoms with E-state index in [0.717, 1.165) is 16.7 Å². The van der Waals surface area contributed by atoms with Crippen LogP contribution < -0.4 is 16.0 Å². The molecule has 0 aliphatic carbocycles. The van der Waals surface area contributed by atoms with Gasteiger partial charge in [-0.05, 0) is 67.1 Å². The van der Waals surface area contributed by atoms with Crippen LogP contribution in [0.5, 0.6) is 0 Å². The van der Waals surface area contributed by atoms with Crippen LogP contribution in [0.15, 0.2) is 66.9 Å². The molecule has 0 unspecified atom stereocenters. The molecular formula is C26H19Cl2N5O2. The van der Waals surface area contributed by atoms with Crippen molar-refractivity contribution in [3.05, 3.63) is 93.6 Å². The van der Waals surface area contributed by atoms with Crippen LogP contribution >= 0.6 is 23.2 Å². The third-order valence-electron chi connectivity index (χ3n) is 5.50. The van der Waals surface area contributed by atoms with Crippen molar-refractivity contribution in [2.45, 2.75) is 13.3 Å². The van der Waals surface area contributed by atoms with Crippen molar-refractivity contribution in [1.82, 2.24) is 9.97 Å². The number of aromatic nitrogens is 2. The minimum Gasteiger partial charge on any atom is -0.325 e. The van der Waals surface area contributed by atoms with Gasteiger partial charge in [0.2, 0.25) is 11.9 Å². The summed E-state index contributed by atoms with van der Waals surface area (Å²) >= 11 is 12.3. The Kier molecular flexibility index (Phi) is 6.11. The largest absolute Gasteiger partial charge is 0.325 e. The number of halogens is 2. The SMILES string of the molecule is Cc1ccc(NC(=O)c2ccc(Nc3ncc4c(n3)-c3ccc(Cl)cc3NC(=O)C4)cc2)c(Cl)c1. The maximum atomic E-state index is 12.6. The smallest absolute Gasteiger partial charge is 0.255 e. The standard InChI is InChI=1S/C26H19Cl2N5O2/c1-14-2-9-21(20(28)10-14)32-25(35)15-3-6-18(7-4-15)30-26-29-13-16-11-23(34)31-22-12-17(27)5-8-19(22)24(16)33-26/h2-10,12-13H,11H2,1H3,(H,31,34)(H,32,35)(H,29,30,33). The Hall–Kier alpha value is -3.94. The molecule has 9 heteroatoms. The Morgan fingerprint density at radius 2 is 1.83 bits per heavy atom. The van der Waals surface area contributed by atoms with E-state index in [4.69, 9.17) is 23.2 Å². The Labute approximate surface area is 211 Å². The number of fused-ring (bicyclic) bond motifs is 3. The van der Waals surface area contributed by atoms with E-state index in [1.807, 2.05) is 19.1 Å². The normalized spacial score (nSPS) is 12.1. The van der Waals surface area contributed by atoms with Crippen LogP contribution in [-0.4, -0.2) is 21.8 Å². The molecule has 0 saturated heterocycles. The summed E-state index contributed by atoms with van der Waals surface area (Å²) in [5.41, 5.74) is 5.49. The third-order valence-corrected chi connectivity index (χ3v) is 6.05. The molecule has 0 fully saturated rings. The van der Waals surface area contributed by atoms with Gasteiger partial charge in [-0.3, -0.25) is 9.59 Å². The fourth-order valence-corrected chi connectivity index (χ4v) is 4.23. The molecule has 0 radical (unpaired) electrons. The highest BCUT2D eigenvalue weighted by molar-refractivity contribution is 6.34. The van der Waals surface area contributed by atoms with E-state index in [1.54, 1.807) is 54.7 Å². The molecule has 5 rings (SSSR count). The molecule has 3 N–H and O–H groups in total. The molecule has 1 aliphatic rings. The Morgan fingerprint density at radius 1 is 1.03 bits per heavy atom. The molecule has 0 bridgehead atoms. The highest BCUT2D eigenvalue weighted by Crippen LogP contribution is 2.35. The van der Waals surface area contributed by atoms with E-state index in [2.05, 4.69) is 25.9 Å². The topological polar surface area (TPSA) is 96.0 Å². The Balaban J connectivity index is 1.35. The van der Waals surface area contributed by atoms with E-state index in [-0.39, 0.29) is 18.2 Å². The number of nitrogens with one attached hydrogen (secondary N) is 3. The number of aryl methyl sites for hydroxylation is 1. The van der Waals surface area contributed by atoms with Crippen molar-refractivity contribution in [2.24, 2.45) is 0 Å².